The van der Waals surface area contributed by atoms with E-state index in [0.29, 0.717) is 8.64 Å². The van der Waals surface area contributed by atoms with Crippen LogP contribution in [0, 0.1) is 0 Å². The molecule has 0 N–H and O–H groups in total. The van der Waals surface area contributed by atoms with Crippen molar-refractivity contribution in [3.8, 4) is 0 Å². The first-order valence-electron chi connectivity index (χ1n) is 5.76. The van der Waals surface area contributed by atoms with Crippen LogP contribution in [0.15, 0.2) is 0 Å². The zero-order valence-electron chi connectivity index (χ0n) is 10.8. The van der Waals surface area contributed by atoms with Crippen LogP contribution in [0.1, 0.15) is 27.7 Å². The fourth-order valence-corrected chi connectivity index (χ4v) is 2.81. The summed E-state index contributed by atoms with van der Waals surface area (Å²) in [5, 5.41) is 0. The Labute approximate surface area is 126 Å². The highest BCUT2D eigenvalue weighted by atomic mass is 32.1. The van der Waals surface area contributed by atoms with E-state index in [0.717, 1.165) is 26.2 Å². The van der Waals surface area contributed by atoms with Gasteiger partial charge in [0.1, 0.15) is 26.2 Å². The molecular weight excluding hydrogens is 292 g/mol. The van der Waals surface area contributed by atoms with Crippen LogP contribution < -0.4 is 0 Å². The first-order chi connectivity index (χ1) is 7.84. The minimum atomic E-state index is 0.209. The van der Waals surface area contributed by atoms with E-state index in [1.807, 2.05) is 27.7 Å². The molecule has 0 atom stereocenters. The number of thiocarbonyl (C=S) groups is 2. The number of nitrogens with zero attached hydrogens (tertiary/aromatic N) is 2. The molecule has 3 nitrogen and oxygen atoms in total. The molecule has 100 valence electrons. The van der Waals surface area contributed by atoms with E-state index in [2.05, 4.69) is 25.3 Å². The summed E-state index contributed by atoms with van der Waals surface area (Å²) in [5.41, 5.74) is 0. The van der Waals surface area contributed by atoms with Crippen molar-refractivity contribution in [3.05, 3.63) is 0 Å². The molecule has 0 unspecified atom stereocenters. The average Bonchev–Trinajstić information content (AvgIpc) is 2.31. The van der Waals surface area contributed by atoms with Gasteiger partial charge in [-0.2, -0.15) is 0 Å². The molecular formula is C10H22N2OS4+2. The molecule has 0 aliphatic carbocycles. The lowest BCUT2D eigenvalue weighted by molar-refractivity contribution is -1.28. The van der Waals surface area contributed by atoms with Crippen LogP contribution >= 0.6 is 49.7 Å². The Morgan fingerprint density at radius 1 is 0.824 bits per heavy atom. The Balaban J connectivity index is 5.33. The van der Waals surface area contributed by atoms with Crippen LogP contribution in [0.4, 0.5) is 0 Å². The van der Waals surface area contributed by atoms with Crippen molar-refractivity contribution in [1.82, 2.24) is 0 Å². The van der Waals surface area contributed by atoms with Crippen molar-refractivity contribution in [1.29, 1.82) is 0 Å². The lowest BCUT2D eigenvalue weighted by atomic mass is 10.5. The van der Waals surface area contributed by atoms with E-state index in [-0.39, 0.29) is 9.29 Å². The highest BCUT2D eigenvalue weighted by molar-refractivity contribution is 8.10. The van der Waals surface area contributed by atoms with Crippen LogP contribution in [0.5, 0.6) is 0 Å². The molecule has 0 fully saturated rings. The summed E-state index contributed by atoms with van der Waals surface area (Å²) in [7, 11) is 0. The zero-order valence-corrected chi connectivity index (χ0v) is 14.3. The summed E-state index contributed by atoms with van der Waals surface area (Å²) in [6.07, 6.45) is 0. The van der Waals surface area contributed by atoms with Crippen molar-refractivity contribution in [2.45, 2.75) is 27.7 Å². The van der Waals surface area contributed by atoms with Gasteiger partial charge in [-0.25, -0.2) is 0 Å². The number of thiol groups is 2. The SMILES string of the molecule is CC[N+](CC)(O[N+](CC)(CC)C(=S)S)C(=S)S. The van der Waals surface area contributed by atoms with E-state index in [1.54, 1.807) is 0 Å². The normalized spacial score (nSPS) is 12.6. The molecule has 0 aromatic carbocycles. The van der Waals surface area contributed by atoms with Gasteiger partial charge in [0.15, 0.2) is 0 Å². The van der Waals surface area contributed by atoms with Crippen LogP contribution in [-0.2, 0) is 4.94 Å². The first-order valence-corrected chi connectivity index (χ1v) is 7.47. The van der Waals surface area contributed by atoms with E-state index in [9.17, 15) is 0 Å². The molecule has 0 radical (unpaired) electrons. The molecule has 0 spiro atoms. The lowest BCUT2D eigenvalue weighted by Gasteiger charge is -2.38. The van der Waals surface area contributed by atoms with Gasteiger partial charge in [-0.1, -0.05) is 34.6 Å². The van der Waals surface area contributed by atoms with E-state index in [4.69, 9.17) is 29.4 Å². The molecule has 7 heteroatoms. The Kier molecular flexibility index (Phi) is 7.70. The fraction of sp³-hybridized carbons (Fsp3) is 0.800. The van der Waals surface area contributed by atoms with Gasteiger partial charge in [-0.3, -0.25) is 0 Å². The van der Waals surface area contributed by atoms with Crippen LogP contribution in [0.3, 0.4) is 0 Å². The van der Waals surface area contributed by atoms with Crippen LogP contribution in [0.25, 0.3) is 0 Å². The number of quaternary nitrogens is 2. The molecule has 0 aromatic rings. The number of hydrogen-bond acceptors (Lipinski definition) is 3. The second kappa shape index (κ2) is 7.37. The van der Waals surface area contributed by atoms with E-state index >= 15 is 0 Å². The maximum atomic E-state index is 6.19. The summed E-state index contributed by atoms with van der Waals surface area (Å²) >= 11 is 19.0. The smallest absolute Gasteiger partial charge is 0.0809 e. The molecule has 0 rings (SSSR count). The highest BCUT2D eigenvalue weighted by Crippen LogP contribution is 2.23. The number of rotatable bonds is 6. The summed E-state index contributed by atoms with van der Waals surface area (Å²) < 4.78 is 1.45. The molecule has 0 saturated heterocycles. The van der Waals surface area contributed by atoms with Crippen molar-refractivity contribution in [2.24, 2.45) is 0 Å². The largest absolute Gasteiger partial charge is 0.267 e. The second-order valence-electron chi connectivity index (χ2n) is 3.69. The third-order valence-corrected chi connectivity index (χ3v) is 4.45. The topological polar surface area (TPSA) is 9.23 Å². The molecule has 0 bridgehead atoms. The molecule has 17 heavy (non-hydrogen) atoms. The van der Waals surface area contributed by atoms with Crippen molar-refractivity contribution in [3.63, 3.8) is 0 Å². The Hall–Kier alpha value is 0.760. The predicted octanol–water partition coefficient (Wildman–Crippen LogP) is 2.98. The van der Waals surface area contributed by atoms with Gasteiger partial charge in [0.2, 0.25) is 0 Å². The summed E-state index contributed by atoms with van der Waals surface area (Å²) in [6, 6.07) is 0. The monoisotopic (exact) mass is 314 g/mol. The van der Waals surface area contributed by atoms with Crippen LogP contribution in [0.2, 0.25) is 0 Å². The van der Waals surface area contributed by atoms with Gasteiger partial charge in [0, 0.05) is 4.94 Å². The zero-order chi connectivity index (χ0) is 13.7. The maximum absolute atomic E-state index is 6.19. The number of hydrogen-bond donors (Lipinski definition) is 2. The fourth-order valence-electron chi connectivity index (χ4n) is 1.59. The molecule has 0 aromatic heterocycles. The van der Waals surface area contributed by atoms with Gasteiger partial charge in [-0.05, 0) is 52.1 Å². The molecule has 0 aliphatic heterocycles. The Morgan fingerprint density at radius 2 is 1.06 bits per heavy atom. The molecule has 0 aliphatic rings. The third kappa shape index (κ3) is 3.86. The summed E-state index contributed by atoms with van der Waals surface area (Å²) in [4.78, 5) is 6.19. The van der Waals surface area contributed by atoms with Gasteiger partial charge in [0.25, 0.3) is 8.64 Å². The van der Waals surface area contributed by atoms with Gasteiger partial charge in [0.05, 0.1) is 0 Å². The number of hydroxylamine groups is 6. The standard InChI is InChI=1S/C10H20N2OS4/c1-5-11(6-2,9(14)15)13-12(7-3,8-4)10(16)17/h5-8H2,1-4H3/p+2. The molecule has 0 amide bonds. The van der Waals surface area contributed by atoms with E-state index in [1.165, 1.54) is 0 Å². The molecule has 0 heterocycles. The lowest BCUT2D eigenvalue weighted by Crippen LogP contribution is -2.62. The van der Waals surface area contributed by atoms with E-state index < -0.39 is 0 Å². The van der Waals surface area contributed by atoms with Crippen LogP contribution in [-0.4, -0.2) is 44.1 Å². The maximum Gasteiger partial charge on any atom is 0.267 e. The average molecular weight is 315 g/mol. The molecule has 0 saturated carbocycles. The highest BCUT2D eigenvalue weighted by Gasteiger charge is 2.44. The van der Waals surface area contributed by atoms with Gasteiger partial charge >= 0.3 is 0 Å². The summed E-state index contributed by atoms with van der Waals surface area (Å²) in [6.45, 7) is 11.0. The minimum Gasteiger partial charge on any atom is -0.0809 e. The Bertz CT molecular complexity index is 260. The van der Waals surface area contributed by atoms with Crippen molar-refractivity contribution >= 4 is 58.3 Å². The van der Waals surface area contributed by atoms with Gasteiger partial charge < -0.3 is 0 Å². The Morgan fingerprint density at radius 3 is 1.18 bits per heavy atom. The quantitative estimate of drug-likeness (QED) is 0.338. The van der Waals surface area contributed by atoms with Crippen molar-refractivity contribution < 1.29 is 14.2 Å². The minimum absolute atomic E-state index is 0.209. The van der Waals surface area contributed by atoms with Crippen molar-refractivity contribution in [2.75, 3.05) is 26.2 Å². The predicted molar refractivity (Wildman–Crippen MR) is 86.9 cm³/mol. The third-order valence-electron chi connectivity index (χ3n) is 3.05. The first kappa shape index (κ1) is 17.8. The van der Waals surface area contributed by atoms with Gasteiger partial charge in [-0.15, -0.1) is 0 Å². The second-order valence-corrected chi connectivity index (χ2v) is 5.92. The summed E-state index contributed by atoms with van der Waals surface area (Å²) in [5.74, 6) is 0.